The number of hydrogen-bond donors (Lipinski definition) is 2. The van der Waals surface area contributed by atoms with Crippen LogP contribution in [0.3, 0.4) is 0 Å². The first kappa shape index (κ1) is 13.4. The van der Waals surface area contributed by atoms with E-state index in [0.29, 0.717) is 18.6 Å². The third-order valence-corrected chi connectivity index (χ3v) is 4.70. The number of amides is 1. The highest BCUT2D eigenvalue weighted by atomic mass is 16.2. The van der Waals surface area contributed by atoms with Gasteiger partial charge in [-0.3, -0.25) is 4.79 Å². The second-order valence-corrected chi connectivity index (χ2v) is 6.08. The minimum Gasteiger partial charge on any atom is -0.384 e. The predicted molar refractivity (Wildman–Crippen MR) is 80.9 cm³/mol. The maximum absolute atomic E-state index is 12.5. The highest BCUT2D eigenvalue weighted by molar-refractivity contribution is 5.88. The van der Waals surface area contributed by atoms with Crippen LogP contribution < -0.4 is 10.6 Å². The molecular formula is C16H23N3O. The maximum atomic E-state index is 12.5. The van der Waals surface area contributed by atoms with Crippen LogP contribution in [0.15, 0.2) is 24.3 Å². The van der Waals surface area contributed by atoms with E-state index in [9.17, 15) is 4.79 Å². The monoisotopic (exact) mass is 273 g/mol. The van der Waals surface area contributed by atoms with E-state index < -0.39 is 0 Å². The SMILES string of the molecule is CC1CC(NC(=O)C2CNc3ccccc32)CCN1C. The zero-order chi connectivity index (χ0) is 14.1. The molecule has 0 saturated carbocycles. The molecule has 2 heterocycles. The lowest BCUT2D eigenvalue weighted by Gasteiger charge is -2.35. The smallest absolute Gasteiger partial charge is 0.229 e. The van der Waals surface area contributed by atoms with Crippen molar-refractivity contribution < 1.29 is 4.79 Å². The molecule has 0 aromatic heterocycles. The molecule has 2 aliphatic heterocycles. The molecule has 4 heteroatoms. The highest BCUT2D eigenvalue weighted by Crippen LogP contribution is 2.31. The van der Waals surface area contributed by atoms with E-state index >= 15 is 0 Å². The van der Waals surface area contributed by atoms with Crippen molar-refractivity contribution in [3.05, 3.63) is 29.8 Å². The number of carbonyl (C=O) groups excluding carboxylic acids is 1. The topological polar surface area (TPSA) is 44.4 Å². The van der Waals surface area contributed by atoms with Gasteiger partial charge in [-0.15, -0.1) is 0 Å². The van der Waals surface area contributed by atoms with Gasteiger partial charge in [0.25, 0.3) is 0 Å². The maximum Gasteiger partial charge on any atom is 0.229 e. The van der Waals surface area contributed by atoms with Gasteiger partial charge in [0.2, 0.25) is 5.91 Å². The van der Waals surface area contributed by atoms with E-state index in [4.69, 9.17) is 0 Å². The van der Waals surface area contributed by atoms with Crippen LogP contribution in [-0.2, 0) is 4.79 Å². The number of likely N-dealkylation sites (tertiary alicyclic amines) is 1. The van der Waals surface area contributed by atoms with Crippen LogP contribution in [-0.4, -0.2) is 43.0 Å². The van der Waals surface area contributed by atoms with Crippen LogP contribution in [0.4, 0.5) is 5.69 Å². The summed E-state index contributed by atoms with van der Waals surface area (Å²) in [5.41, 5.74) is 2.23. The van der Waals surface area contributed by atoms with Gasteiger partial charge in [-0.25, -0.2) is 0 Å². The Kier molecular flexibility index (Phi) is 3.66. The van der Waals surface area contributed by atoms with Crippen molar-refractivity contribution in [2.24, 2.45) is 0 Å². The number of hydrogen-bond acceptors (Lipinski definition) is 3. The van der Waals surface area contributed by atoms with Gasteiger partial charge >= 0.3 is 0 Å². The van der Waals surface area contributed by atoms with Gasteiger partial charge < -0.3 is 15.5 Å². The Morgan fingerprint density at radius 3 is 3.00 bits per heavy atom. The summed E-state index contributed by atoms with van der Waals surface area (Å²) < 4.78 is 0. The van der Waals surface area contributed by atoms with E-state index in [1.54, 1.807) is 0 Å². The second kappa shape index (κ2) is 5.44. The molecule has 1 aromatic carbocycles. The van der Waals surface area contributed by atoms with Crippen molar-refractivity contribution in [3.8, 4) is 0 Å². The molecule has 1 saturated heterocycles. The molecule has 0 bridgehead atoms. The van der Waals surface area contributed by atoms with Crippen LogP contribution in [0, 0.1) is 0 Å². The van der Waals surface area contributed by atoms with Crippen LogP contribution >= 0.6 is 0 Å². The summed E-state index contributed by atoms with van der Waals surface area (Å²) in [4.78, 5) is 14.9. The van der Waals surface area contributed by atoms with Gasteiger partial charge in [0.15, 0.2) is 0 Å². The molecule has 1 aromatic rings. The summed E-state index contributed by atoms with van der Waals surface area (Å²) in [5, 5.41) is 6.56. The van der Waals surface area contributed by atoms with Crippen molar-refractivity contribution in [2.75, 3.05) is 25.5 Å². The van der Waals surface area contributed by atoms with Crippen molar-refractivity contribution in [1.29, 1.82) is 0 Å². The number of nitrogens with zero attached hydrogens (tertiary/aromatic N) is 1. The Bertz CT molecular complexity index is 502. The average molecular weight is 273 g/mol. The number of fused-ring (bicyclic) bond motifs is 1. The summed E-state index contributed by atoms with van der Waals surface area (Å²) >= 11 is 0. The summed E-state index contributed by atoms with van der Waals surface area (Å²) in [6.45, 7) is 4.00. The number of para-hydroxylation sites is 1. The van der Waals surface area contributed by atoms with Crippen molar-refractivity contribution in [2.45, 2.75) is 37.8 Å². The van der Waals surface area contributed by atoms with Gasteiger partial charge in [-0.05, 0) is 38.4 Å². The molecule has 2 aliphatic rings. The first-order valence-electron chi connectivity index (χ1n) is 7.48. The number of rotatable bonds is 2. The quantitative estimate of drug-likeness (QED) is 0.863. The van der Waals surface area contributed by atoms with E-state index in [1.165, 1.54) is 0 Å². The third kappa shape index (κ3) is 2.52. The molecule has 108 valence electrons. The Balaban J connectivity index is 1.63. The number of benzene rings is 1. The number of anilines is 1. The molecule has 2 N–H and O–H groups in total. The normalized spacial score (nSPS) is 29.6. The Morgan fingerprint density at radius 1 is 1.40 bits per heavy atom. The fourth-order valence-electron chi connectivity index (χ4n) is 3.24. The lowest BCUT2D eigenvalue weighted by atomic mass is 9.96. The Labute approximate surface area is 120 Å². The third-order valence-electron chi connectivity index (χ3n) is 4.70. The van der Waals surface area contributed by atoms with E-state index in [1.807, 2.05) is 18.2 Å². The first-order chi connectivity index (χ1) is 9.65. The second-order valence-electron chi connectivity index (χ2n) is 6.08. The summed E-state index contributed by atoms with van der Waals surface area (Å²) in [6.07, 6.45) is 2.10. The Morgan fingerprint density at radius 2 is 2.20 bits per heavy atom. The summed E-state index contributed by atoms with van der Waals surface area (Å²) in [5.74, 6) is 0.130. The van der Waals surface area contributed by atoms with Gasteiger partial charge in [0.05, 0.1) is 5.92 Å². The van der Waals surface area contributed by atoms with Gasteiger partial charge in [-0.1, -0.05) is 18.2 Å². The molecule has 3 atom stereocenters. The molecule has 0 aliphatic carbocycles. The molecule has 4 nitrogen and oxygen atoms in total. The molecule has 3 rings (SSSR count). The van der Waals surface area contributed by atoms with Crippen molar-refractivity contribution in [3.63, 3.8) is 0 Å². The fraction of sp³-hybridized carbons (Fsp3) is 0.562. The van der Waals surface area contributed by atoms with E-state index in [2.05, 4.69) is 35.6 Å². The lowest BCUT2D eigenvalue weighted by Crippen LogP contribution is -2.48. The molecule has 0 spiro atoms. The van der Waals surface area contributed by atoms with E-state index in [0.717, 1.165) is 30.6 Å². The highest BCUT2D eigenvalue weighted by Gasteiger charge is 2.31. The van der Waals surface area contributed by atoms with Crippen molar-refractivity contribution >= 4 is 11.6 Å². The number of piperidine rings is 1. The largest absolute Gasteiger partial charge is 0.384 e. The van der Waals surface area contributed by atoms with Crippen LogP contribution in [0.2, 0.25) is 0 Å². The minimum atomic E-state index is -0.0406. The number of nitrogens with one attached hydrogen (secondary N) is 2. The van der Waals surface area contributed by atoms with Gasteiger partial charge in [0.1, 0.15) is 0 Å². The van der Waals surface area contributed by atoms with Crippen LogP contribution in [0.1, 0.15) is 31.2 Å². The van der Waals surface area contributed by atoms with Gasteiger partial charge in [0, 0.05) is 30.9 Å². The molecule has 1 amide bonds. The van der Waals surface area contributed by atoms with Crippen molar-refractivity contribution in [1.82, 2.24) is 10.2 Å². The number of carbonyl (C=O) groups is 1. The van der Waals surface area contributed by atoms with E-state index in [-0.39, 0.29) is 11.8 Å². The molecule has 20 heavy (non-hydrogen) atoms. The molecular weight excluding hydrogens is 250 g/mol. The standard InChI is InChI=1S/C16H23N3O/c1-11-9-12(7-8-19(11)2)18-16(20)14-10-17-15-6-4-3-5-13(14)15/h3-6,11-12,14,17H,7-10H2,1-2H3,(H,18,20). The fourth-order valence-corrected chi connectivity index (χ4v) is 3.24. The molecule has 0 radical (unpaired) electrons. The minimum absolute atomic E-state index is 0.0406. The predicted octanol–water partition coefficient (Wildman–Crippen LogP) is 1.79. The summed E-state index contributed by atoms with van der Waals surface area (Å²) in [6, 6.07) is 8.97. The van der Waals surface area contributed by atoms with Crippen LogP contribution in [0.25, 0.3) is 0 Å². The first-order valence-corrected chi connectivity index (χ1v) is 7.48. The average Bonchev–Trinajstić information content (AvgIpc) is 2.87. The zero-order valence-corrected chi connectivity index (χ0v) is 12.2. The van der Waals surface area contributed by atoms with Gasteiger partial charge in [-0.2, -0.15) is 0 Å². The zero-order valence-electron chi connectivity index (χ0n) is 12.2. The summed E-state index contributed by atoms with van der Waals surface area (Å²) in [7, 11) is 2.15. The van der Waals surface area contributed by atoms with Crippen LogP contribution in [0.5, 0.6) is 0 Å². The lowest BCUT2D eigenvalue weighted by molar-refractivity contribution is -0.123. The molecule has 1 fully saturated rings. The molecule has 3 unspecified atom stereocenters. The Hall–Kier alpha value is -1.55.